The lowest BCUT2D eigenvalue weighted by atomic mass is 10.0. The molecule has 1 fully saturated rings. The van der Waals surface area contributed by atoms with Crippen LogP contribution in [0.2, 0.25) is 0 Å². The monoisotopic (exact) mass is 392 g/mol. The SMILES string of the molecule is CC1CN(CC(=O)Nc2oc3ccccc3c(=O)c2-c2ccccc2)CC(C)O1. The molecule has 0 spiro atoms. The first-order valence-corrected chi connectivity index (χ1v) is 9.80. The molecule has 1 saturated heterocycles. The minimum absolute atomic E-state index is 0.0741. The number of benzene rings is 2. The molecule has 1 aliphatic rings. The molecule has 1 aliphatic heterocycles. The standard InChI is InChI=1S/C23H24N2O4/c1-15-12-25(13-16(2)28-15)14-20(26)24-23-21(17-8-4-3-5-9-17)22(27)18-10-6-7-11-19(18)29-23/h3-11,15-16H,12-14H2,1-2H3,(H,24,26). The molecule has 2 atom stereocenters. The highest BCUT2D eigenvalue weighted by molar-refractivity contribution is 5.97. The molecule has 1 aromatic heterocycles. The zero-order valence-electron chi connectivity index (χ0n) is 16.6. The van der Waals surface area contributed by atoms with Crippen molar-refractivity contribution in [2.24, 2.45) is 0 Å². The number of carbonyl (C=O) groups is 1. The average Bonchev–Trinajstić information content (AvgIpc) is 2.68. The Hall–Kier alpha value is -2.96. The van der Waals surface area contributed by atoms with Gasteiger partial charge in [0, 0.05) is 13.1 Å². The van der Waals surface area contributed by atoms with E-state index in [4.69, 9.17) is 9.15 Å². The smallest absolute Gasteiger partial charge is 0.240 e. The highest BCUT2D eigenvalue weighted by Crippen LogP contribution is 2.28. The molecule has 29 heavy (non-hydrogen) atoms. The van der Waals surface area contributed by atoms with Gasteiger partial charge in [0.05, 0.1) is 29.7 Å². The summed E-state index contributed by atoms with van der Waals surface area (Å²) in [4.78, 5) is 28.0. The second kappa shape index (κ2) is 8.19. The largest absolute Gasteiger partial charge is 0.439 e. The van der Waals surface area contributed by atoms with E-state index in [-0.39, 0.29) is 36.0 Å². The van der Waals surface area contributed by atoms with Crippen molar-refractivity contribution >= 4 is 22.8 Å². The van der Waals surface area contributed by atoms with Crippen molar-refractivity contribution in [2.75, 3.05) is 25.0 Å². The molecule has 4 rings (SSSR count). The lowest BCUT2D eigenvalue weighted by molar-refractivity contribution is -0.121. The van der Waals surface area contributed by atoms with Crippen LogP contribution < -0.4 is 10.7 Å². The third-order valence-corrected chi connectivity index (χ3v) is 4.98. The molecule has 0 radical (unpaired) electrons. The van der Waals surface area contributed by atoms with Gasteiger partial charge in [0.2, 0.25) is 17.2 Å². The molecule has 6 heteroatoms. The fourth-order valence-electron chi connectivity index (χ4n) is 3.88. The Morgan fingerprint density at radius 3 is 2.41 bits per heavy atom. The number of hydrogen-bond acceptors (Lipinski definition) is 5. The van der Waals surface area contributed by atoms with Gasteiger partial charge in [-0.2, -0.15) is 0 Å². The Morgan fingerprint density at radius 2 is 1.69 bits per heavy atom. The van der Waals surface area contributed by atoms with Crippen molar-refractivity contribution in [3.05, 3.63) is 64.8 Å². The van der Waals surface area contributed by atoms with Gasteiger partial charge in [-0.05, 0) is 31.5 Å². The minimum Gasteiger partial charge on any atom is -0.439 e. The van der Waals surface area contributed by atoms with Gasteiger partial charge in [0.15, 0.2) is 0 Å². The molecule has 6 nitrogen and oxygen atoms in total. The van der Waals surface area contributed by atoms with Gasteiger partial charge in [-0.1, -0.05) is 42.5 Å². The summed E-state index contributed by atoms with van der Waals surface area (Å²) >= 11 is 0. The summed E-state index contributed by atoms with van der Waals surface area (Å²) in [6.45, 7) is 5.58. The Balaban J connectivity index is 1.67. The number of para-hydroxylation sites is 1. The summed E-state index contributed by atoms with van der Waals surface area (Å²) in [5.41, 5.74) is 1.35. The van der Waals surface area contributed by atoms with Crippen LogP contribution in [0.4, 0.5) is 5.88 Å². The topological polar surface area (TPSA) is 71.8 Å². The zero-order chi connectivity index (χ0) is 20.4. The minimum atomic E-state index is -0.220. The molecule has 3 aromatic rings. The normalized spacial score (nSPS) is 19.9. The van der Waals surface area contributed by atoms with E-state index in [1.165, 1.54) is 0 Å². The Labute approximate surface area is 169 Å². The van der Waals surface area contributed by atoms with Crippen LogP contribution in [0.5, 0.6) is 0 Å². The molecule has 2 unspecified atom stereocenters. The number of ether oxygens (including phenoxy) is 1. The highest BCUT2D eigenvalue weighted by Gasteiger charge is 2.25. The Morgan fingerprint density at radius 1 is 1.03 bits per heavy atom. The van der Waals surface area contributed by atoms with E-state index < -0.39 is 0 Å². The molecule has 2 aromatic carbocycles. The molecular weight excluding hydrogens is 368 g/mol. The van der Waals surface area contributed by atoms with Gasteiger partial charge < -0.3 is 9.15 Å². The van der Waals surface area contributed by atoms with Crippen molar-refractivity contribution in [3.8, 4) is 11.1 Å². The zero-order valence-corrected chi connectivity index (χ0v) is 16.6. The quantitative estimate of drug-likeness (QED) is 0.736. The number of fused-ring (bicyclic) bond motifs is 1. The van der Waals surface area contributed by atoms with Crippen LogP contribution in [0.3, 0.4) is 0 Å². The lowest BCUT2D eigenvalue weighted by Crippen LogP contribution is -2.48. The molecule has 1 N–H and O–H groups in total. The van der Waals surface area contributed by atoms with Crippen LogP contribution in [0.15, 0.2) is 63.8 Å². The van der Waals surface area contributed by atoms with E-state index in [9.17, 15) is 9.59 Å². The number of morpholine rings is 1. The number of nitrogens with zero attached hydrogens (tertiary/aromatic N) is 1. The molecule has 1 amide bonds. The van der Waals surface area contributed by atoms with Gasteiger partial charge in [0.25, 0.3) is 0 Å². The van der Waals surface area contributed by atoms with Gasteiger partial charge >= 0.3 is 0 Å². The number of amides is 1. The number of rotatable bonds is 4. The van der Waals surface area contributed by atoms with Gasteiger partial charge in [0.1, 0.15) is 5.58 Å². The fourth-order valence-corrected chi connectivity index (χ4v) is 3.88. The third-order valence-electron chi connectivity index (χ3n) is 4.98. The summed E-state index contributed by atoms with van der Waals surface area (Å²) in [6.07, 6.45) is 0.148. The van der Waals surface area contributed by atoms with Crippen LogP contribution in [-0.4, -0.2) is 42.6 Å². The van der Waals surface area contributed by atoms with E-state index in [0.29, 0.717) is 35.2 Å². The molecule has 0 saturated carbocycles. The number of anilines is 1. The molecule has 0 bridgehead atoms. The van der Waals surface area contributed by atoms with Crippen molar-refractivity contribution in [2.45, 2.75) is 26.1 Å². The van der Waals surface area contributed by atoms with Gasteiger partial charge in [-0.15, -0.1) is 0 Å². The summed E-state index contributed by atoms with van der Waals surface area (Å²) in [5.74, 6) is -0.0406. The Bertz CT molecular complexity index is 1070. The molecule has 150 valence electrons. The number of hydrogen-bond donors (Lipinski definition) is 1. The summed E-state index contributed by atoms with van der Waals surface area (Å²) in [7, 11) is 0. The average molecular weight is 392 g/mol. The number of carbonyl (C=O) groups excluding carboxylic acids is 1. The van der Waals surface area contributed by atoms with Crippen LogP contribution in [0, 0.1) is 0 Å². The molecule has 0 aliphatic carbocycles. The second-order valence-electron chi connectivity index (χ2n) is 7.50. The predicted octanol–water partition coefficient (Wildman–Crippen LogP) is 3.51. The van der Waals surface area contributed by atoms with Crippen LogP contribution in [-0.2, 0) is 9.53 Å². The number of nitrogens with one attached hydrogen (secondary N) is 1. The maximum absolute atomic E-state index is 13.2. The van der Waals surface area contributed by atoms with Crippen LogP contribution in [0.25, 0.3) is 22.1 Å². The van der Waals surface area contributed by atoms with Crippen LogP contribution in [0.1, 0.15) is 13.8 Å². The van der Waals surface area contributed by atoms with Crippen LogP contribution >= 0.6 is 0 Å². The highest BCUT2D eigenvalue weighted by atomic mass is 16.5. The maximum atomic E-state index is 13.2. The molecule has 2 heterocycles. The first-order chi connectivity index (χ1) is 14.0. The maximum Gasteiger partial charge on any atom is 0.240 e. The van der Waals surface area contributed by atoms with Gasteiger partial charge in [-0.25, -0.2) is 0 Å². The van der Waals surface area contributed by atoms with E-state index in [1.54, 1.807) is 24.3 Å². The summed E-state index contributed by atoms with van der Waals surface area (Å²) in [5, 5.41) is 3.32. The second-order valence-corrected chi connectivity index (χ2v) is 7.50. The first-order valence-electron chi connectivity index (χ1n) is 9.80. The van der Waals surface area contributed by atoms with E-state index in [1.807, 2.05) is 44.2 Å². The van der Waals surface area contributed by atoms with Crippen molar-refractivity contribution in [1.29, 1.82) is 0 Å². The summed E-state index contributed by atoms with van der Waals surface area (Å²) in [6, 6.07) is 16.3. The molecular formula is C23H24N2O4. The lowest BCUT2D eigenvalue weighted by Gasteiger charge is -2.34. The third kappa shape index (κ3) is 4.23. The first kappa shape index (κ1) is 19.4. The fraction of sp³-hybridized carbons (Fsp3) is 0.304. The van der Waals surface area contributed by atoms with Crippen molar-refractivity contribution in [3.63, 3.8) is 0 Å². The van der Waals surface area contributed by atoms with E-state index in [0.717, 1.165) is 0 Å². The Kier molecular flexibility index (Phi) is 5.47. The summed E-state index contributed by atoms with van der Waals surface area (Å²) < 4.78 is 11.7. The van der Waals surface area contributed by atoms with Crippen molar-refractivity contribution in [1.82, 2.24) is 4.90 Å². The van der Waals surface area contributed by atoms with E-state index >= 15 is 0 Å². The predicted molar refractivity (Wildman–Crippen MR) is 113 cm³/mol. The van der Waals surface area contributed by atoms with Gasteiger partial charge in [-0.3, -0.25) is 19.8 Å². The van der Waals surface area contributed by atoms with E-state index in [2.05, 4.69) is 10.2 Å². The van der Waals surface area contributed by atoms with Crippen molar-refractivity contribution < 1.29 is 13.9 Å².